The van der Waals surface area contributed by atoms with E-state index in [1.807, 2.05) is 13.8 Å². The SMILES string of the molecule is Cc1[nH]c2ccc(C(=O)OC(C)C(=O)Nc3ccccc3[N+](=O)[O-])cc2c1C. The monoisotopic (exact) mass is 381 g/mol. The number of ether oxygens (including phenoxy) is 1. The van der Waals surface area contributed by atoms with Crippen molar-refractivity contribution in [1.29, 1.82) is 0 Å². The zero-order valence-electron chi connectivity index (χ0n) is 15.6. The van der Waals surface area contributed by atoms with Gasteiger partial charge in [-0.25, -0.2) is 4.79 Å². The van der Waals surface area contributed by atoms with Crippen LogP contribution in [-0.2, 0) is 9.53 Å². The summed E-state index contributed by atoms with van der Waals surface area (Å²) in [7, 11) is 0. The van der Waals surface area contributed by atoms with Crippen molar-refractivity contribution in [3.63, 3.8) is 0 Å². The zero-order valence-corrected chi connectivity index (χ0v) is 15.6. The zero-order chi connectivity index (χ0) is 20.4. The van der Waals surface area contributed by atoms with Crippen molar-refractivity contribution >= 4 is 34.2 Å². The standard InChI is InChI=1S/C20H19N3O5/c1-11-12(2)21-16-9-8-14(10-15(11)16)20(25)28-13(3)19(24)22-17-6-4-5-7-18(17)23(26)27/h4-10,13,21H,1-3H3,(H,22,24). The molecule has 1 atom stereocenters. The number of benzene rings is 2. The van der Waals surface area contributed by atoms with Gasteiger partial charge in [0.1, 0.15) is 5.69 Å². The summed E-state index contributed by atoms with van der Waals surface area (Å²) < 4.78 is 5.24. The number of amides is 1. The van der Waals surface area contributed by atoms with Crippen molar-refractivity contribution in [1.82, 2.24) is 4.98 Å². The number of rotatable bonds is 5. The van der Waals surface area contributed by atoms with E-state index in [-0.39, 0.29) is 11.4 Å². The lowest BCUT2D eigenvalue weighted by Crippen LogP contribution is -2.30. The largest absolute Gasteiger partial charge is 0.449 e. The van der Waals surface area contributed by atoms with Crippen molar-refractivity contribution < 1.29 is 19.2 Å². The summed E-state index contributed by atoms with van der Waals surface area (Å²) in [4.78, 5) is 38.4. The third kappa shape index (κ3) is 3.71. The normalized spacial score (nSPS) is 11.8. The van der Waals surface area contributed by atoms with Gasteiger partial charge in [0.15, 0.2) is 6.10 Å². The van der Waals surface area contributed by atoms with Gasteiger partial charge >= 0.3 is 5.97 Å². The Morgan fingerprint density at radius 1 is 1.18 bits per heavy atom. The molecule has 0 bridgehead atoms. The predicted octanol–water partition coefficient (Wildman–Crippen LogP) is 3.88. The molecule has 2 N–H and O–H groups in total. The average Bonchev–Trinajstić information content (AvgIpc) is 2.95. The molecule has 0 saturated heterocycles. The summed E-state index contributed by atoms with van der Waals surface area (Å²) in [5.41, 5.74) is 3.08. The number of hydrogen-bond donors (Lipinski definition) is 2. The molecule has 0 aliphatic carbocycles. The molecule has 0 fully saturated rings. The molecular formula is C20H19N3O5. The van der Waals surface area contributed by atoms with Gasteiger partial charge < -0.3 is 15.0 Å². The fraction of sp³-hybridized carbons (Fsp3) is 0.200. The lowest BCUT2D eigenvalue weighted by atomic mass is 10.1. The maximum atomic E-state index is 12.4. The van der Waals surface area contributed by atoms with Crippen molar-refractivity contribution in [2.45, 2.75) is 26.9 Å². The molecule has 1 amide bonds. The first kappa shape index (κ1) is 19.1. The number of anilines is 1. The van der Waals surface area contributed by atoms with Crippen LogP contribution in [0.2, 0.25) is 0 Å². The predicted molar refractivity (Wildman–Crippen MR) is 104 cm³/mol. The number of aryl methyl sites for hydroxylation is 2. The number of carbonyl (C=O) groups excluding carboxylic acids is 2. The number of H-pyrrole nitrogens is 1. The number of carbonyl (C=O) groups is 2. The molecule has 28 heavy (non-hydrogen) atoms. The van der Waals surface area contributed by atoms with E-state index in [0.717, 1.165) is 22.2 Å². The summed E-state index contributed by atoms with van der Waals surface area (Å²) in [6.45, 7) is 5.31. The molecule has 0 aliphatic heterocycles. The minimum Gasteiger partial charge on any atom is -0.449 e. The fourth-order valence-corrected chi connectivity index (χ4v) is 2.84. The van der Waals surface area contributed by atoms with Crippen LogP contribution >= 0.6 is 0 Å². The van der Waals surface area contributed by atoms with Crippen molar-refractivity contribution in [3.05, 3.63) is 69.4 Å². The minimum absolute atomic E-state index is 0.0419. The second kappa shape index (κ2) is 7.51. The molecule has 8 nitrogen and oxygen atoms in total. The smallest absolute Gasteiger partial charge is 0.338 e. The van der Waals surface area contributed by atoms with Gasteiger partial charge in [0.05, 0.1) is 10.5 Å². The van der Waals surface area contributed by atoms with Gasteiger partial charge in [-0.3, -0.25) is 14.9 Å². The Morgan fingerprint density at radius 2 is 1.89 bits per heavy atom. The molecular weight excluding hydrogens is 362 g/mol. The fourth-order valence-electron chi connectivity index (χ4n) is 2.84. The van der Waals surface area contributed by atoms with Gasteiger partial charge in [-0.1, -0.05) is 12.1 Å². The van der Waals surface area contributed by atoms with Crippen molar-refractivity contribution in [2.75, 3.05) is 5.32 Å². The molecule has 0 aliphatic rings. The number of aromatic amines is 1. The Balaban J connectivity index is 1.73. The maximum absolute atomic E-state index is 12.4. The van der Waals surface area contributed by atoms with Crippen molar-refractivity contribution in [3.8, 4) is 0 Å². The number of fused-ring (bicyclic) bond motifs is 1. The second-order valence-corrected chi connectivity index (χ2v) is 6.45. The van der Waals surface area contributed by atoms with Gasteiger partial charge in [-0.2, -0.15) is 0 Å². The van der Waals surface area contributed by atoms with Crippen LogP contribution in [0.15, 0.2) is 42.5 Å². The molecule has 3 aromatic rings. The number of hydrogen-bond acceptors (Lipinski definition) is 5. The third-order valence-electron chi connectivity index (χ3n) is 4.56. The van der Waals surface area contributed by atoms with Crippen LogP contribution < -0.4 is 5.32 Å². The molecule has 3 rings (SSSR count). The van der Waals surface area contributed by atoms with E-state index in [4.69, 9.17) is 4.74 Å². The van der Waals surface area contributed by atoms with Crippen LogP contribution in [-0.4, -0.2) is 27.9 Å². The highest BCUT2D eigenvalue weighted by Gasteiger charge is 2.22. The summed E-state index contributed by atoms with van der Waals surface area (Å²) >= 11 is 0. The van der Waals surface area contributed by atoms with Crippen LogP contribution in [0.1, 0.15) is 28.5 Å². The molecule has 1 heterocycles. The van der Waals surface area contributed by atoms with Crippen LogP contribution in [0.5, 0.6) is 0 Å². The number of nitrogens with zero attached hydrogens (tertiary/aromatic N) is 1. The lowest BCUT2D eigenvalue weighted by molar-refractivity contribution is -0.383. The number of nitro groups is 1. The highest BCUT2D eigenvalue weighted by atomic mass is 16.6. The average molecular weight is 381 g/mol. The quantitative estimate of drug-likeness (QED) is 0.395. The first-order valence-electron chi connectivity index (χ1n) is 8.62. The molecule has 1 aromatic heterocycles. The van der Waals surface area contributed by atoms with Crippen LogP contribution in [0.3, 0.4) is 0 Å². The van der Waals surface area contributed by atoms with E-state index in [0.29, 0.717) is 5.56 Å². The van der Waals surface area contributed by atoms with Crippen molar-refractivity contribution in [2.24, 2.45) is 0 Å². The van der Waals surface area contributed by atoms with Crippen LogP contribution in [0.4, 0.5) is 11.4 Å². The van der Waals surface area contributed by atoms with Crippen LogP contribution in [0.25, 0.3) is 10.9 Å². The van der Waals surface area contributed by atoms with E-state index in [9.17, 15) is 19.7 Å². The maximum Gasteiger partial charge on any atom is 0.338 e. The van der Waals surface area contributed by atoms with Gasteiger partial charge in [-0.05, 0) is 50.6 Å². The van der Waals surface area contributed by atoms with Gasteiger partial charge in [0.25, 0.3) is 11.6 Å². The molecule has 2 aromatic carbocycles. The second-order valence-electron chi connectivity index (χ2n) is 6.45. The Hall–Kier alpha value is -3.68. The minimum atomic E-state index is -1.13. The number of esters is 1. The highest BCUT2D eigenvalue weighted by Crippen LogP contribution is 2.24. The number of aromatic nitrogens is 1. The molecule has 1 unspecified atom stereocenters. The van der Waals surface area contributed by atoms with E-state index in [1.165, 1.54) is 25.1 Å². The molecule has 8 heteroatoms. The van der Waals surface area contributed by atoms with Gasteiger partial charge in [0.2, 0.25) is 0 Å². The Labute approximate surface area is 160 Å². The van der Waals surface area contributed by atoms with Gasteiger partial charge in [0, 0.05) is 22.7 Å². The Morgan fingerprint density at radius 3 is 2.61 bits per heavy atom. The first-order chi connectivity index (χ1) is 13.3. The first-order valence-corrected chi connectivity index (χ1v) is 8.62. The third-order valence-corrected chi connectivity index (χ3v) is 4.56. The van der Waals surface area contributed by atoms with Gasteiger partial charge in [-0.15, -0.1) is 0 Å². The highest BCUT2D eigenvalue weighted by molar-refractivity contribution is 6.00. The molecule has 0 radical (unpaired) electrons. The number of nitrogens with one attached hydrogen (secondary N) is 2. The summed E-state index contributed by atoms with van der Waals surface area (Å²) in [5.74, 6) is -1.30. The molecule has 144 valence electrons. The number of para-hydroxylation sites is 2. The molecule has 0 spiro atoms. The Bertz CT molecular complexity index is 1090. The van der Waals surface area contributed by atoms with E-state index < -0.39 is 22.9 Å². The molecule has 0 saturated carbocycles. The number of nitro benzene ring substituents is 1. The summed E-state index contributed by atoms with van der Waals surface area (Å²) in [6.07, 6.45) is -1.13. The van der Waals surface area contributed by atoms with E-state index in [1.54, 1.807) is 24.3 Å². The van der Waals surface area contributed by atoms with Crippen LogP contribution in [0, 0.1) is 24.0 Å². The Kier molecular flexibility index (Phi) is 5.12. The van der Waals surface area contributed by atoms with E-state index in [2.05, 4.69) is 10.3 Å². The summed E-state index contributed by atoms with van der Waals surface area (Å²) in [5, 5.41) is 14.4. The topological polar surface area (TPSA) is 114 Å². The lowest BCUT2D eigenvalue weighted by Gasteiger charge is -2.13. The summed E-state index contributed by atoms with van der Waals surface area (Å²) in [6, 6.07) is 10.9. The van der Waals surface area contributed by atoms with E-state index >= 15 is 0 Å².